The average molecular weight is 364 g/mol. The highest BCUT2D eigenvalue weighted by Gasteiger charge is 2.09. The zero-order chi connectivity index (χ0) is 18.4. The molecule has 0 unspecified atom stereocenters. The number of nitriles is 1. The Hall–Kier alpha value is -3.09. The van der Waals surface area contributed by atoms with E-state index in [2.05, 4.69) is 6.07 Å². The topological polar surface area (TPSA) is 33.0 Å². The van der Waals surface area contributed by atoms with Gasteiger partial charge in [-0.2, -0.15) is 5.26 Å². The fourth-order valence-corrected chi connectivity index (χ4v) is 2.70. The number of benzene rings is 3. The molecular weight excluding hydrogens is 349 g/mol. The molecule has 26 heavy (non-hydrogen) atoms. The molecule has 128 valence electrons. The summed E-state index contributed by atoms with van der Waals surface area (Å²) in [5.41, 5.74) is 2.05. The van der Waals surface area contributed by atoms with Gasteiger partial charge in [-0.1, -0.05) is 66.2 Å². The minimum atomic E-state index is -0.435. The van der Waals surface area contributed by atoms with Gasteiger partial charge in [0.05, 0.1) is 11.6 Å². The van der Waals surface area contributed by atoms with Crippen LogP contribution >= 0.6 is 11.6 Å². The minimum absolute atomic E-state index is 0.233. The van der Waals surface area contributed by atoms with E-state index in [1.54, 1.807) is 36.4 Å². The van der Waals surface area contributed by atoms with Crippen molar-refractivity contribution < 1.29 is 9.13 Å². The van der Waals surface area contributed by atoms with Gasteiger partial charge in [0.1, 0.15) is 18.2 Å². The van der Waals surface area contributed by atoms with E-state index in [-0.39, 0.29) is 11.1 Å². The molecule has 3 aromatic carbocycles. The van der Waals surface area contributed by atoms with Gasteiger partial charge in [0.15, 0.2) is 0 Å². The van der Waals surface area contributed by atoms with Crippen LogP contribution in [-0.2, 0) is 6.61 Å². The first-order chi connectivity index (χ1) is 12.7. The lowest BCUT2D eigenvalue weighted by Gasteiger charge is -2.11. The van der Waals surface area contributed by atoms with E-state index in [1.807, 2.05) is 36.4 Å². The monoisotopic (exact) mass is 363 g/mol. The second-order valence-corrected chi connectivity index (χ2v) is 5.97. The predicted octanol–water partition coefficient (Wildman–Crippen LogP) is 6.12. The zero-order valence-electron chi connectivity index (χ0n) is 13.8. The quantitative estimate of drug-likeness (QED) is 0.404. The largest absolute Gasteiger partial charge is 0.488 e. The summed E-state index contributed by atoms with van der Waals surface area (Å²) in [6, 6.07) is 23.0. The van der Waals surface area contributed by atoms with Crippen molar-refractivity contribution in [3.05, 3.63) is 100 Å². The van der Waals surface area contributed by atoms with Crippen LogP contribution in [0.4, 0.5) is 4.39 Å². The molecule has 0 N–H and O–H groups in total. The number of rotatable bonds is 5. The molecule has 0 aliphatic heterocycles. The molecule has 0 aliphatic carbocycles. The molecule has 3 rings (SSSR count). The first-order valence-corrected chi connectivity index (χ1v) is 8.39. The van der Waals surface area contributed by atoms with Crippen LogP contribution in [0.1, 0.15) is 16.7 Å². The molecule has 4 heteroatoms. The van der Waals surface area contributed by atoms with Gasteiger partial charge in [-0.15, -0.1) is 0 Å². The van der Waals surface area contributed by atoms with Crippen molar-refractivity contribution in [3.63, 3.8) is 0 Å². The number of hydrogen-bond acceptors (Lipinski definition) is 2. The number of ether oxygens (including phenoxy) is 1. The van der Waals surface area contributed by atoms with Crippen molar-refractivity contribution in [2.45, 2.75) is 6.61 Å². The normalized spacial score (nSPS) is 11.0. The summed E-state index contributed by atoms with van der Waals surface area (Å²) in [6.07, 6.45) is 1.63. The van der Waals surface area contributed by atoms with Gasteiger partial charge in [0.25, 0.3) is 0 Å². The Morgan fingerprint density at radius 3 is 2.46 bits per heavy atom. The number of nitrogens with zero attached hydrogens (tertiary/aromatic N) is 1. The molecule has 0 amide bonds. The van der Waals surface area contributed by atoms with Gasteiger partial charge in [0.2, 0.25) is 0 Å². The van der Waals surface area contributed by atoms with Crippen LogP contribution in [-0.4, -0.2) is 0 Å². The lowest BCUT2D eigenvalue weighted by Crippen LogP contribution is -1.98. The maximum atomic E-state index is 14.0. The molecule has 2 nitrogen and oxygen atoms in total. The second-order valence-electron chi connectivity index (χ2n) is 5.57. The third kappa shape index (κ3) is 4.11. The first-order valence-electron chi connectivity index (χ1n) is 8.01. The third-order valence-corrected chi connectivity index (χ3v) is 4.21. The van der Waals surface area contributed by atoms with Crippen molar-refractivity contribution in [3.8, 4) is 11.8 Å². The average Bonchev–Trinajstić information content (AvgIpc) is 2.67. The summed E-state index contributed by atoms with van der Waals surface area (Å²) >= 11 is 6.16. The van der Waals surface area contributed by atoms with Gasteiger partial charge in [0, 0.05) is 21.7 Å². The third-order valence-electron chi connectivity index (χ3n) is 3.84. The molecule has 0 bridgehead atoms. The molecule has 0 atom stereocenters. The van der Waals surface area contributed by atoms with Crippen molar-refractivity contribution >= 4 is 23.3 Å². The Labute approximate surface area is 156 Å². The minimum Gasteiger partial charge on any atom is -0.488 e. The van der Waals surface area contributed by atoms with Crippen molar-refractivity contribution in [1.29, 1.82) is 5.26 Å². The van der Waals surface area contributed by atoms with Crippen LogP contribution in [0.25, 0.3) is 11.6 Å². The van der Waals surface area contributed by atoms with E-state index >= 15 is 0 Å². The van der Waals surface area contributed by atoms with E-state index in [0.717, 1.165) is 5.56 Å². The van der Waals surface area contributed by atoms with Gasteiger partial charge < -0.3 is 4.74 Å². The maximum Gasteiger partial charge on any atom is 0.131 e. The predicted molar refractivity (Wildman–Crippen MR) is 102 cm³/mol. The molecule has 3 aromatic rings. The summed E-state index contributed by atoms with van der Waals surface area (Å²) in [7, 11) is 0. The van der Waals surface area contributed by atoms with E-state index in [4.69, 9.17) is 16.3 Å². The summed E-state index contributed by atoms with van der Waals surface area (Å²) in [5, 5.41) is 10.1. The van der Waals surface area contributed by atoms with Crippen molar-refractivity contribution in [2.75, 3.05) is 0 Å². The highest BCUT2D eigenvalue weighted by atomic mass is 35.5. The molecule has 0 fully saturated rings. The van der Waals surface area contributed by atoms with Crippen LogP contribution in [0.2, 0.25) is 5.02 Å². The van der Waals surface area contributed by atoms with Crippen molar-refractivity contribution in [1.82, 2.24) is 0 Å². The summed E-state index contributed by atoms with van der Waals surface area (Å²) in [6.45, 7) is 0.298. The van der Waals surface area contributed by atoms with E-state index < -0.39 is 5.82 Å². The number of para-hydroxylation sites is 1. The van der Waals surface area contributed by atoms with Gasteiger partial charge >= 0.3 is 0 Å². The molecule has 0 spiro atoms. The first kappa shape index (κ1) is 17.7. The van der Waals surface area contributed by atoms with E-state index in [0.29, 0.717) is 22.9 Å². The maximum absolute atomic E-state index is 14.0. The van der Waals surface area contributed by atoms with Crippen LogP contribution in [0.5, 0.6) is 5.75 Å². The number of hydrogen-bond donors (Lipinski definition) is 0. The summed E-state index contributed by atoms with van der Waals surface area (Å²) in [5.74, 6) is 0.159. The fraction of sp³-hybridized carbons (Fsp3) is 0.0455. The van der Waals surface area contributed by atoms with Crippen molar-refractivity contribution in [2.24, 2.45) is 0 Å². The smallest absolute Gasteiger partial charge is 0.131 e. The van der Waals surface area contributed by atoms with Crippen LogP contribution in [0.15, 0.2) is 72.8 Å². The summed E-state index contributed by atoms with van der Waals surface area (Å²) in [4.78, 5) is 0. The second kappa shape index (κ2) is 8.33. The molecular formula is C22H15ClFNO. The van der Waals surface area contributed by atoms with Gasteiger partial charge in [-0.05, 0) is 24.3 Å². The highest BCUT2D eigenvalue weighted by Crippen LogP contribution is 2.27. The van der Waals surface area contributed by atoms with Crippen LogP contribution in [0, 0.1) is 17.1 Å². The Morgan fingerprint density at radius 1 is 1.00 bits per heavy atom. The Balaban J connectivity index is 1.90. The Bertz CT molecular complexity index is 991. The molecule has 0 saturated carbocycles. The SMILES string of the molecule is N#C/C(=C/c1ccccc1OCc1ccccc1Cl)c1ccccc1F. The molecule has 0 aromatic heterocycles. The highest BCUT2D eigenvalue weighted by molar-refractivity contribution is 6.31. The zero-order valence-corrected chi connectivity index (χ0v) is 14.6. The van der Waals surface area contributed by atoms with E-state index in [1.165, 1.54) is 6.07 Å². The van der Waals surface area contributed by atoms with Crippen LogP contribution < -0.4 is 4.74 Å². The van der Waals surface area contributed by atoms with Gasteiger partial charge in [-0.3, -0.25) is 0 Å². The standard InChI is InChI=1S/C22H15ClFNO/c23-20-10-4-1-8-17(20)15-26-22-12-6-2-7-16(22)13-18(14-25)19-9-3-5-11-21(19)24/h1-13H,15H2/b18-13-. The molecule has 0 radical (unpaired) electrons. The molecule has 0 saturated heterocycles. The molecule has 0 heterocycles. The number of halogens is 2. The summed E-state index contributed by atoms with van der Waals surface area (Å²) < 4.78 is 19.9. The lowest BCUT2D eigenvalue weighted by molar-refractivity contribution is 0.305. The fourth-order valence-electron chi connectivity index (χ4n) is 2.51. The van der Waals surface area contributed by atoms with Gasteiger partial charge in [-0.25, -0.2) is 4.39 Å². The lowest BCUT2D eigenvalue weighted by atomic mass is 10.0. The van der Waals surface area contributed by atoms with E-state index in [9.17, 15) is 9.65 Å². The number of allylic oxidation sites excluding steroid dienone is 1. The molecule has 0 aliphatic rings. The van der Waals surface area contributed by atoms with Crippen LogP contribution in [0.3, 0.4) is 0 Å². The Kier molecular flexibility index (Phi) is 5.68. The Morgan fingerprint density at radius 2 is 1.69 bits per heavy atom.